The molecule has 1 nitrogen and oxygen atoms in total. The van der Waals surface area contributed by atoms with Crippen molar-refractivity contribution in [3.05, 3.63) is 29.8 Å². The topological polar surface area (TPSA) is 12.0 Å². The summed E-state index contributed by atoms with van der Waals surface area (Å²) in [6, 6.07) is 5.77. The first kappa shape index (κ1) is 11.3. The summed E-state index contributed by atoms with van der Waals surface area (Å²) in [7, 11) is 0. The van der Waals surface area contributed by atoms with E-state index < -0.39 is 11.7 Å². The summed E-state index contributed by atoms with van der Waals surface area (Å²) >= 11 is 0. The molecule has 1 aliphatic rings. The van der Waals surface area contributed by atoms with Crippen molar-refractivity contribution >= 4 is 5.69 Å². The molecule has 0 amide bonds. The van der Waals surface area contributed by atoms with Crippen molar-refractivity contribution in [1.29, 1.82) is 0 Å². The van der Waals surface area contributed by atoms with Crippen LogP contribution in [0, 0.1) is 5.41 Å². The molecule has 88 valence electrons. The molecule has 2 rings (SSSR count). The molecule has 1 atom stereocenters. The van der Waals surface area contributed by atoms with Crippen molar-refractivity contribution in [3.63, 3.8) is 0 Å². The number of para-hydroxylation sites is 1. The lowest BCUT2D eigenvalue weighted by Gasteiger charge is -2.15. The van der Waals surface area contributed by atoms with Crippen LogP contribution in [-0.4, -0.2) is 6.04 Å². The average molecular weight is 229 g/mol. The third kappa shape index (κ3) is 2.15. The molecule has 1 fully saturated rings. The Morgan fingerprint density at radius 2 is 1.81 bits per heavy atom. The molecule has 1 saturated carbocycles. The van der Waals surface area contributed by atoms with Gasteiger partial charge >= 0.3 is 6.18 Å². The fourth-order valence-electron chi connectivity index (χ4n) is 1.76. The van der Waals surface area contributed by atoms with Crippen LogP contribution in [0.15, 0.2) is 24.3 Å². The second kappa shape index (κ2) is 3.40. The van der Waals surface area contributed by atoms with Crippen LogP contribution in [0.2, 0.25) is 0 Å². The molecule has 1 aromatic rings. The van der Waals surface area contributed by atoms with E-state index in [1.54, 1.807) is 6.07 Å². The highest BCUT2D eigenvalue weighted by molar-refractivity contribution is 5.54. The number of hydrogen-bond acceptors (Lipinski definition) is 1. The Morgan fingerprint density at radius 3 is 2.31 bits per heavy atom. The number of halogens is 3. The quantitative estimate of drug-likeness (QED) is 0.810. The fraction of sp³-hybridized carbons (Fsp3) is 0.500. The lowest BCUT2D eigenvalue weighted by molar-refractivity contribution is -0.137. The zero-order valence-corrected chi connectivity index (χ0v) is 9.23. The molecule has 0 bridgehead atoms. The molecular formula is C12H14F3N. The van der Waals surface area contributed by atoms with Gasteiger partial charge in [0.2, 0.25) is 0 Å². The molecule has 16 heavy (non-hydrogen) atoms. The number of benzene rings is 1. The van der Waals surface area contributed by atoms with Gasteiger partial charge in [0.15, 0.2) is 0 Å². The van der Waals surface area contributed by atoms with Gasteiger partial charge in [0.05, 0.1) is 5.56 Å². The molecule has 1 unspecified atom stereocenters. The predicted molar refractivity (Wildman–Crippen MR) is 57.3 cm³/mol. The van der Waals surface area contributed by atoms with Crippen LogP contribution in [0.1, 0.15) is 25.8 Å². The van der Waals surface area contributed by atoms with Crippen LogP contribution in [-0.2, 0) is 6.18 Å². The molecule has 0 aliphatic heterocycles. The normalized spacial score (nSPS) is 22.9. The van der Waals surface area contributed by atoms with Crippen LogP contribution >= 0.6 is 0 Å². The second-order valence-corrected chi connectivity index (χ2v) is 4.93. The minimum Gasteiger partial charge on any atom is -0.381 e. The van der Waals surface area contributed by atoms with Gasteiger partial charge in [0, 0.05) is 11.7 Å². The van der Waals surface area contributed by atoms with Crippen molar-refractivity contribution < 1.29 is 13.2 Å². The summed E-state index contributed by atoms with van der Waals surface area (Å²) in [6.07, 6.45) is -3.37. The molecule has 4 heteroatoms. The first-order chi connectivity index (χ1) is 7.31. The molecule has 0 saturated heterocycles. The third-order valence-electron chi connectivity index (χ3n) is 3.08. The van der Waals surface area contributed by atoms with Gasteiger partial charge in [-0.2, -0.15) is 13.2 Å². The summed E-state index contributed by atoms with van der Waals surface area (Å²) in [5, 5.41) is 2.96. The molecular weight excluding hydrogens is 215 g/mol. The molecule has 0 radical (unpaired) electrons. The maximum atomic E-state index is 12.7. The van der Waals surface area contributed by atoms with Crippen molar-refractivity contribution in [2.24, 2.45) is 5.41 Å². The number of rotatable bonds is 2. The molecule has 0 spiro atoms. The van der Waals surface area contributed by atoms with E-state index >= 15 is 0 Å². The van der Waals surface area contributed by atoms with Gasteiger partial charge in [-0.25, -0.2) is 0 Å². The Hall–Kier alpha value is -1.19. The second-order valence-electron chi connectivity index (χ2n) is 4.93. The Kier molecular flexibility index (Phi) is 2.40. The summed E-state index contributed by atoms with van der Waals surface area (Å²) in [5.74, 6) is 0. The Labute approximate surface area is 92.7 Å². The molecule has 1 aliphatic carbocycles. The van der Waals surface area contributed by atoms with Gasteiger partial charge in [0.1, 0.15) is 0 Å². The predicted octanol–water partition coefficient (Wildman–Crippen LogP) is 3.92. The number of anilines is 1. The van der Waals surface area contributed by atoms with E-state index in [0.717, 1.165) is 12.5 Å². The van der Waals surface area contributed by atoms with E-state index in [4.69, 9.17) is 0 Å². The van der Waals surface area contributed by atoms with Crippen LogP contribution < -0.4 is 5.32 Å². The Morgan fingerprint density at radius 1 is 1.25 bits per heavy atom. The maximum absolute atomic E-state index is 12.7. The van der Waals surface area contributed by atoms with Crippen LogP contribution in [0.5, 0.6) is 0 Å². The van der Waals surface area contributed by atoms with E-state index in [9.17, 15) is 13.2 Å². The summed E-state index contributed by atoms with van der Waals surface area (Å²) < 4.78 is 38.0. The monoisotopic (exact) mass is 229 g/mol. The smallest absolute Gasteiger partial charge is 0.381 e. The van der Waals surface area contributed by atoms with E-state index in [1.165, 1.54) is 12.1 Å². The molecule has 1 N–H and O–H groups in total. The lowest BCUT2D eigenvalue weighted by atomic mass is 10.1. The minimum atomic E-state index is -4.29. The largest absolute Gasteiger partial charge is 0.418 e. The van der Waals surface area contributed by atoms with Gasteiger partial charge in [0.25, 0.3) is 0 Å². The van der Waals surface area contributed by atoms with Crippen molar-refractivity contribution in [2.45, 2.75) is 32.5 Å². The summed E-state index contributed by atoms with van der Waals surface area (Å²) in [5.41, 5.74) is -0.290. The zero-order chi connectivity index (χ0) is 12.0. The van der Waals surface area contributed by atoms with E-state index in [2.05, 4.69) is 5.32 Å². The van der Waals surface area contributed by atoms with Crippen LogP contribution in [0.3, 0.4) is 0 Å². The standard InChI is InChI=1S/C12H14F3N/c1-11(2)7-10(11)16-9-6-4-3-5-8(9)12(13,14)15/h3-6,10,16H,7H2,1-2H3. The van der Waals surface area contributed by atoms with E-state index in [1.807, 2.05) is 13.8 Å². The van der Waals surface area contributed by atoms with Crippen LogP contribution in [0.4, 0.5) is 18.9 Å². The lowest BCUT2D eigenvalue weighted by Crippen LogP contribution is -2.14. The summed E-state index contributed by atoms with van der Waals surface area (Å²) in [4.78, 5) is 0. The average Bonchev–Trinajstić information content (AvgIpc) is 2.72. The number of alkyl halides is 3. The van der Waals surface area contributed by atoms with Gasteiger partial charge in [-0.1, -0.05) is 26.0 Å². The van der Waals surface area contributed by atoms with Gasteiger partial charge in [-0.3, -0.25) is 0 Å². The number of nitrogens with one attached hydrogen (secondary N) is 1. The van der Waals surface area contributed by atoms with E-state index in [-0.39, 0.29) is 17.1 Å². The van der Waals surface area contributed by atoms with Crippen molar-refractivity contribution in [3.8, 4) is 0 Å². The molecule has 1 aromatic carbocycles. The summed E-state index contributed by atoms with van der Waals surface area (Å²) in [6.45, 7) is 4.09. The van der Waals surface area contributed by atoms with E-state index in [0.29, 0.717) is 0 Å². The van der Waals surface area contributed by atoms with Crippen LogP contribution in [0.25, 0.3) is 0 Å². The number of hydrogen-bond donors (Lipinski definition) is 1. The Bertz CT molecular complexity index is 395. The molecule has 0 aromatic heterocycles. The maximum Gasteiger partial charge on any atom is 0.418 e. The highest BCUT2D eigenvalue weighted by atomic mass is 19.4. The van der Waals surface area contributed by atoms with Crippen molar-refractivity contribution in [1.82, 2.24) is 0 Å². The highest BCUT2D eigenvalue weighted by Gasteiger charge is 2.46. The SMILES string of the molecule is CC1(C)CC1Nc1ccccc1C(F)(F)F. The minimum absolute atomic E-state index is 0.110. The van der Waals surface area contributed by atoms with Gasteiger partial charge in [-0.15, -0.1) is 0 Å². The zero-order valence-electron chi connectivity index (χ0n) is 9.23. The van der Waals surface area contributed by atoms with Gasteiger partial charge < -0.3 is 5.32 Å². The highest BCUT2D eigenvalue weighted by Crippen LogP contribution is 2.47. The Balaban J connectivity index is 2.21. The first-order valence-electron chi connectivity index (χ1n) is 5.23. The first-order valence-corrected chi connectivity index (χ1v) is 5.23. The van der Waals surface area contributed by atoms with Gasteiger partial charge in [-0.05, 0) is 24.0 Å². The fourth-order valence-corrected chi connectivity index (χ4v) is 1.76. The van der Waals surface area contributed by atoms with Crippen molar-refractivity contribution in [2.75, 3.05) is 5.32 Å². The molecule has 0 heterocycles. The third-order valence-corrected chi connectivity index (χ3v) is 3.08.